The third kappa shape index (κ3) is 8.93. The summed E-state index contributed by atoms with van der Waals surface area (Å²) in [5.41, 5.74) is 1.34. The van der Waals surface area contributed by atoms with Crippen molar-refractivity contribution in [1.82, 2.24) is 26.3 Å². The van der Waals surface area contributed by atoms with Crippen molar-refractivity contribution in [1.29, 1.82) is 0 Å². The number of carbonyl (C=O) groups is 6. The zero-order chi connectivity index (χ0) is 35.3. The lowest BCUT2D eigenvalue weighted by Gasteiger charge is -2.36. The minimum absolute atomic E-state index is 0.0279. The molecule has 13 nitrogen and oxygen atoms in total. The second-order valence-electron chi connectivity index (χ2n) is 14.8. The molecule has 266 valence electrons. The van der Waals surface area contributed by atoms with E-state index in [-0.39, 0.29) is 55.2 Å². The van der Waals surface area contributed by atoms with Crippen LogP contribution in [0, 0.1) is 11.3 Å². The zero-order valence-electron chi connectivity index (χ0n) is 28.8. The maximum absolute atomic E-state index is 14.5. The highest BCUT2D eigenvalue weighted by Gasteiger charge is 2.54. The topological polar surface area (TPSA) is 172 Å². The van der Waals surface area contributed by atoms with Gasteiger partial charge >= 0.3 is 0 Å². The normalized spacial score (nSPS) is 23.6. The summed E-state index contributed by atoms with van der Waals surface area (Å²) in [5.74, 6) is -3.03. The highest BCUT2D eigenvalue weighted by Crippen LogP contribution is 2.37. The van der Waals surface area contributed by atoms with Crippen LogP contribution in [0.2, 0.25) is 0 Å². The first-order chi connectivity index (χ1) is 23.3. The predicted molar refractivity (Wildman–Crippen MR) is 178 cm³/mol. The van der Waals surface area contributed by atoms with Crippen LogP contribution < -0.4 is 21.4 Å². The highest BCUT2D eigenvalue weighted by molar-refractivity contribution is 6.38. The van der Waals surface area contributed by atoms with Crippen LogP contribution in [0.5, 0.6) is 0 Å². The molecule has 0 bridgehead atoms. The van der Waals surface area contributed by atoms with Gasteiger partial charge in [0.2, 0.25) is 29.3 Å². The average Bonchev–Trinajstić information content (AvgIpc) is 3.67. The Morgan fingerprint density at radius 3 is 2.33 bits per heavy atom. The van der Waals surface area contributed by atoms with E-state index in [2.05, 4.69) is 21.4 Å². The summed E-state index contributed by atoms with van der Waals surface area (Å²) in [4.78, 5) is 88.3. The van der Waals surface area contributed by atoms with Gasteiger partial charge < -0.3 is 25.6 Å². The summed E-state index contributed by atoms with van der Waals surface area (Å²) >= 11 is 0. The van der Waals surface area contributed by atoms with E-state index >= 15 is 0 Å². The molecule has 4 atom stereocenters. The number of ether oxygens (including phenoxy) is 1. The van der Waals surface area contributed by atoms with Crippen molar-refractivity contribution >= 4 is 35.2 Å². The lowest BCUT2D eigenvalue weighted by molar-refractivity contribution is -0.145. The van der Waals surface area contributed by atoms with E-state index in [1.807, 2.05) is 27.7 Å². The summed E-state index contributed by atoms with van der Waals surface area (Å²) in [6, 6.07) is 5.41. The van der Waals surface area contributed by atoms with E-state index in [9.17, 15) is 28.8 Å². The minimum atomic E-state index is -1.25. The Bertz CT molecular complexity index is 1460. The molecule has 49 heavy (non-hydrogen) atoms. The van der Waals surface area contributed by atoms with Crippen LogP contribution in [0.1, 0.15) is 89.4 Å². The number of hydrogen-bond donors (Lipinski definition) is 4. The second-order valence-corrected chi connectivity index (χ2v) is 14.8. The molecule has 1 spiro atoms. The van der Waals surface area contributed by atoms with Crippen molar-refractivity contribution in [3.05, 3.63) is 47.7 Å². The lowest BCUT2D eigenvalue weighted by atomic mass is 9.85. The molecule has 1 aromatic carbocycles. The van der Waals surface area contributed by atoms with Crippen molar-refractivity contribution in [2.45, 2.75) is 109 Å². The fraction of sp³-hybridized carbons (Fsp3) is 0.611. The molecule has 4 aliphatic rings. The van der Waals surface area contributed by atoms with Crippen LogP contribution in [-0.4, -0.2) is 89.6 Å². The van der Waals surface area contributed by atoms with Gasteiger partial charge in [0.25, 0.3) is 5.91 Å². The van der Waals surface area contributed by atoms with Gasteiger partial charge in [-0.15, -0.1) is 0 Å². The van der Waals surface area contributed by atoms with Gasteiger partial charge in [-0.05, 0) is 49.5 Å². The fourth-order valence-electron chi connectivity index (χ4n) is 6.60. The van der Waals surface area contributed by atoms with Gasteiger partial charge in [-0.1, -0.05) is 64.4 Å². The third-order valence-corrected chi connectivity index (χ3v) is 9.57. The number of nitrogens with one attached hydrogen (secondary N) is 4. The van der Waals surface area contributed by atoms with Gasteiger partial charge in [0.1, 0.15) is 23.4 Å². The standard InChI is InChI=1S/C36H49N5O8/c1-5-9-25(30(44)33(46)37-24-12-13-24)38-32(45)27-20-36(19-26(40-49-36)29(43)23-10-7-6-8-11-23)21-41(27)34(47)31(35(2,3)4)39-28(42)18-22-14-16-48-17-15-22/h6-8,10-11,19,22,24-25,27,31,40H,5,9,12-18,20-21H2,1-4H3,(H,37,46)(H,38,45)(H,39,42)/t25-,27-,31+,36+/m0/s1. The molecule has 1 aliphatic carbocycles. The number of benzene rings is 1. The molecule has 13 heteroatoms. The molecule has 0 unspecified atom stereocenters. The number of allylic oxidation sites excluding steroid dienone is 1. The minimum Gasteiger partial charge on any atom is -0.381 e. The van der Waals surface area contributed by atoms with Gasteiger partial charge in [-0.25, -0.2) is 0 Å². The Balaban J connectivity index is 1.40. The number of carbonyl (C=O) groups excluding carboxylic acids is 6. The molecular weight excluding hydrogens is 630 g/mol. The second kappa shape index (κ2) is 15.2. The van der Waals surface area contributed by atoms with E-state index < -0.39 is 52.6 Å². The van der Waals surface area contributed by atoms with E-state index in [0.29, 0.717) is 25.2 Å². The molecule has 4 N–H and O–H groups in total. The molecule has 0 radical (unpaired) electrons. The van der Waals surface area contributed by atoms with Gasteiger partial charge in [-0.2, -0.15) is 0 Å². The molecule has 4 amide bonds. The van der Waals surface area contributed by atoms with Gasteiger partial charge in [0.15, 0.2) is 0 Å². The average molecular weight is 680 g/mol. The summed E-state index contributed by atoms with van der Waals surface area (Å²) in [6.07, 6.45) is 5.71. The van der Waals surface area contributed by atoms with Crippen LogP contribution >= 0.6 is 0 Å². The number of likely N-dealkylation sites (tertiary alicyclic amines) is 1. The van der Waals surface area contributed by atoms with E-state index in [1.54, 1.807) is 36.4 Å². The van der Waals surface area contributed by atoms with Gasteiger partial charge in [0.05, 0.1) is 12.6 Å². The summed E-state index contributed by atoms with van der Waals surface area (Å²) < 4.78 is 5.42. The van der Waals surface area contributed by atoms with Crippen LogP contribution in [-0.2, 0) is 33.5 Å². The van der Waals surface area contributed by atoms with Crippen LogP contribution in [0.15, 0.2) is 42.1 Å². The largest absolute Gasteiger partial charge is 0.381 e. The Morgan fingerprint density at radius 2 is 1.69 bits per heavy atom. The molecular formula is C36H49N5O8. The molecule has 3 aliphatic heterocycles. The van der Waals surface area contributed by atoms with E-state index in [1.165, 1.54) is 4.90 Å². The van der Waals surface area contributed by atoms with Crippen LogP contribution in [0.25, 0.3) is 0 Å². The molecule has 0 aromatic heterocycles. The van der Waals surface area contributed by atoms with Crippen molar-refractivity contribution in [2.75, 3.05) is 19.8 Å². The quantitative estimate of drug-likeness (QED) is 0.180. The summed E-state index contributed by atoms with van der Waals surface area (Å²) in [5, 5.41) is 8.39. The predicted octanol–water partition coefficient (Wildman–Crippen LogP) is 2.11. The highest BCUT2D eigenvalue weighted by atomic mass is 16.7. The maximum atomic E-state index is 14.5. The zero-order valence-corrected chi connectivity index (χ0v) is 28.8. The van der Waals surface area contributed by atoms with Crippen molar-refractivity contribution in [3.63, 3.8) is 0 Å². The Morgan fingerprint density at radius 1 is 1.00 bits per heavy atom. The number of ketones is 2. The SMILES string of the molecule is CCC[C@H](NC(=O)[C@@H]1C[C@]2(C=C(C(=O)c3ccccc3)NO2)CN1C(=O)[C@@H](NC(=O)CC1CCOCC1)C(C)(C)C)C(=O)C(=O)NC1CC1. The number of nitrogens with zero attached hydrogens (tertiary/aromatic N) is 1. The van der Waals surface area contributed by atoms with E-state index in [4.69, 9.17) is 9.57 Å². The number of amides is 4. The molecule has 5 rings (SSSR count). The van der Waals surface area contributed by atoms with Crippen molar-refractivity contribution in [3.8, 4) is 0 Å². The third-order valence-electron chi connectivity index (χ3n) is 9.57. The van der Waals surface area contributed by atoms with Gasteiger partial charge in [-0.3, -0.25) is 39.1 Å². The lowest BCUT2D eigenvalue weighted by Crippen LogP contribution is -2.59. The number of rotatable bonds is 13. The first kappa shape index (κ1) is 36.2. The van der Waals surface area contributed by atoms with Crippen LogP contribution in [0.3, 0.4) is 0 Å². The van der Waals surface area contributed by atoms with Crippen molar-refractivity contribution < 1.29 is 38.3 Å². The number of hydroxylamine groups is 1. The first-order valence-electron chi connectivity index (χ1n) is 17.4. The number of hydrogen-bond acceptors (Lipinski definition) is 9. The monoisotopic (exact) mass is 679 g/mol. The first-order valence-corrected chi connectivity index (χ1v) is 17.4. The fourth-order valence-corrected chi connectivity index (χ4v) is 6.60. The van der Waals surface area contributed by atoms with Gasteiger partial charge in [0, 0.05) is 37.7 Å². The molecule has 2 saturated heterocycles. The maximum Gasteiger partial charge on any atom is 0.289 e. The Hall–Kier alpha value is -4.10. The molecule has 3 heterocycles. The summed E-state index contributed by atoms with van der Waals surface area (Å²) in [7, 11) is 0. The Kier molecular flexibility index (Phi) is 11.2. The summed E-state index contributed by atoms with van der Waals surface area (Å²) in [6.45, 7) is 8.44. The molecule has 1 saturated carbocycles. The van der Waals surface area contributed by atoms with E-state index in [0.717, 1.165) is 25.7 Å². The molecule has 1 aromatic rings. The van der Waals surface area contributed by atoms with Crippen LogP contribution in [0.4, 0.5) is 0 Å². The number of Topliss-reactive ketones (excluding diaryl/α,β-unsaturated/α-hetero) is 2. The smallest absolute Gasteiger partial charge is 0.289 e. The van der Waals surface area contributed by atoms with Crippen molar-refractivity contribution in [2.24, 2.45) is 11.3 Å². The Labute approximate surface area is 287 Å². The molecule has 3 fully saturated rings.